The monoisotopic (exact) mass is 1010 g/mol. The van der Waals surface area contributed by atoms with Crippen LogP contribution in [-0.4, -0.2) is 112 Å². The van der Waals surface area contributed by atoms with Crippen LogP contribution in [0.4, 0.5) is 0 Å². The van der Waals surface area contributed by atoms with Crippen molar-refractivity contribution < 1.29 is 67.3 Å². The van der Waals surface area contributed by atoms with Gasteiger partial charge in [-0.3, -0.25) is 24.0 Å². The summed E-state index contributed by atoms with van der Waals surface area (Å²) >= 11 is 0. The number of fused-ring (bicyclic) bond motifs is 1. The Balaban J connectivity index is 0.000000487. The molecule has 7 atom stereocenters. The van der Waals surface area contributed by atoms with Gasteiger partial charge in [-0.1, -0.05) is 119 Å². The zero-order chi connectivity index (χ0) is 53.1. The van der Waals surface area contributed by atoms with Crippen molar-refractivity contribution >= 4 is 29.8 Å². The Labute approximate surface area is 429 Å². The smallest absolute Gasteiger partial charge is 0.312 e. The van der Waals surface area contributed by atoms with Gasteiger partial charge >= 0.3 is 29.8 Å². The van der Waals surface area contributed by atoms with Gasteiger partial charge in [-0.15, -0.1) is 0 Å². The molecule has 0 saturated heterocycles. The van der Waals surface area contributed by atoms with E-state index in [1.165, 1.54) is 0 Å². The molecule has 0 aromatic carbocycles. The molecule has 7 unspecified atom stereocenters. The minimum Gasteiger partial charge on any atom is -0.463 e. The molecule has 0 aromatic heterocycles. The van der Waals surface area contributed by atoms with Gasteiger partial charge in [0.15, 0.2) is 0 Å². The van der Waals surface area contributed by atoms with Crippen molar-refractivity contribution in [2.24, 2.45) is 45.3 Å². The van der Waals surface area contributed by atoms with E-state index in [1.54, 1.807) is 12.7 Å². The van der Waals surface area contributed by atoms with Gasteiger partial charge in [0.05, 0.1) is 37.1 Å². The lowest BCUT2D eigenvalue weighted by atomic mass is 9.50. The Morgan fingerprint density at radius 2 is 1.14 bits per heavy atom. The Bertz CT molecular complexity index is 1590. The standard InChI is InChI=1S/C31H54O5.C26H46O9/c1-23(2)13-14-24-15-16-26-30(6,20-24)18-11-19-31(26,7)28(34)36-22-25(32)21-35-27(33)12-9-8-10-17-29(3,4)5;1-26(2,3)13-9-5-6-12-23(28)34-18-20(27)19-35-25(30)22-11-8-7-10-21(22)24(29)33-17-16-32-15-14-31-4/h14,23,25-26,32H,8-13,15-22H2,1-7H3;20-22,27H,5-19H2,1-4H3/b24-14-;. The maximum absolute atomic E-state index is 13.3. The molecule has 3 fully saturated rings. The van der Waals surface area contributed by atoms with Crippen molar-refractivity contribution in [1.82, 2.24) is 0 Å². The maximum Gasteiger partial charge on any atom is 0.312 e. The van der Waals surface area contributed by atoms with Crippen LogP contribution in [0, 0.1) is 45.3 Å². The maximum atomic E-state index is 13.3. The van der Waals surface area contributed by atoms with Crippen LogP contribution in [0.3, 0.4) is 0 Å². The fourth-order valence-electron chi connectivity index (χ4n) is 10.3. The number of hydrogen-bond acceptors (Lipinski definition) is 14. The Morgan fingerprint density at radius 3 is 1.66 bits per heavy atom. The third-order valence-corrected chi connectivity index (χ3v) is 14.4. The summed E-state index contributed by atoms with van der Waals surface area (Å²) in [5.74, 6) is -2.06. The molecule has 71 heavy (non-hydrogen) atoms. The van der Waals surface area contributed by atoms with Crippen LogP contribution >= 0.6 is 0 Å². The molecule has 3 aliphatic carbocycles. The van der Waals surface area contributed by atoms with Crippen molar-refractivity contribution in [1.29, 1.82) is 0 Å². The van der Waals surface area contributed by atoms with Crippen molar-refractivity contribution in [2.75, 3.05) is 60.0 Å². The third-order valence-electron chi connectivity index (χ3n) is 14.4. The molecular weight excluding hydrogens is 909 g/mol. The summed E-state index contributed by atoms with van der Waals surface area (Å²) < 4.78 is 36.6. The third kappa shape index (κ3) is 26.6. The normalized spacial score (nSPS) is 23.9. The zero-order valence-corrected chi connectivity index (χ0v) is 46.3. The van der Waals surface area contributed by atoms with E-state index in [-0.39, 0.29) is 68.9 Å². The van der Waals surface area contributed by atoms with E-state index in [0.717, 1.165) is 109 Å². The first-order chi connectivity index (χ1) is 33.4. The summed E-state index contributed by atoms with van der Waals surface area (Å²) in [7, 11) is 1.58. The molecule has 0 amide bonds. The Hall–Kier alpha value is -3.07. The summed E-state index contributed by atoms with van der Waals surface area (Å²) in [4.78, 5) is 62.2. The van der Waals surface area contributed by atoms with E-state index in [9.17, 15) is 34.2 Å². The van der Waals surface area contributed by atoms with Gasteiger partial charge in [0.25, 0.3) is 0 Å². The van der Waals surface area contributed by atoms with Crippen molar-refractivity contribution in [2.45, 2.75) is 216 Å². The van der Waals surface area contributed by atoms with Crippen LogP contribution < -0.4 is 0 Å². The number of ether oxygens (including phenoxy) is 7. The summed E-state index contributed by atoms with van der Waals surface area (Å²) in [6, 6.07) is 0. The quantitative estimate of drug-likeness (QED) is 0.0311. The van der Waals surface area contributed by atoms with Gasteiger partial charge in [0.2, 0.25) is 0 Å². The highest BCUT2D eigenvalue weighted by molar-refractivity contribution is 5.82. The minimum atomic E-state index is -1.11. The van der Waals surface area contributed by atoms with E-state index in [1.807, 2.05) is 0 Å². The van der Waals surface area contributed by atoms with Gasteiger partial charge < -0.3 is 43.4 Å². The molecule has 14 heteroatoms. The second-order valence-electron chi connectivity index (χ2n) is 24.1. The highest BCUT2D eigenvalue weighted by atomic mass is 16.6. The Morgan fingerprint density at radius 1 is 0.634 bits per heavy atom. The highest BCUT2D eigenvalue weighted by Crippen LogP contribution is 2.59. The first kappa shape index (κ1) is 64.0. The molecule has 0 aliphatic heterocycles. The molecule has 2 N–H and O–H groups in total. The van der Waals surface area contributed by atoms with Gasteiger partial charge in [0, 0.05) is 20.0 Å². The highest BCUT2D eigenvalue weighted by Gasteiger charge is 2.55. The predicted molar refractivity (Wildman–Crippen MR) is 275 cm³/mol. The predicted octanol–water partition coefficient (Wildman–Crippen LogP) is 10.8. The number of aliphatic hydroxyl groups excluding tert-OH is 2. The second-order valence-corrected chi connectivity index (χ2v) is 24.1. The molecule has 412 valence electrons. The molecule has 0 bridgehead atoms. The number of unbranched alkanes of at least 4 members (excludes halogenated alkanes) is 4. The molecule has 0 aromatic rings. The summed E-state index contributed by atoms with van der Waals surface area (Å²) in [5.41, 5.74) is 1.75. The lowest BCUT2D eigenvalue weighted by Crippen LogP contribution is -2.50. The van der Waals surface area contributed by atoms with Crippen molar-refractivity contribution in [3.05, 3.63) is 11.6 Å². The van der Waals surface area contributed by atoms with Gasteiger partial charge in [-0.2, -0.15) is 0 Å². The number of esters is 5. The fourth-order valence-corrected chi connectivity index (χ4v) is 10.3. The SMILES string of the molecule is CC(C)C/C=C1/CCC2C(C)(CCCC2(C)C(=O)OCC(O)COC(=O)CCCCCC(C)(C)C)C1.COCCOCCOC(=O)C1CCCCC1C(=O)OCC(O)COC(=O)CCCCCC(C)(C)C. The molecule has 0 spiro atoms. The molecular formula is C57H100O14. The first-order valence-electron chi connectivity index (χ1n) is 27.3. The number of carbonyl (C=O) groups is 5. The first-order valence-corrected chi connectivity index (χ1v) is 27.3. The largest absolute Gasteiger partial charge is 0.463 e. The molecule has 0 radical (unpaired) electrons. The average Bonchev–Trinajstić information content (AvgIpc) is 3.30. The Kier molecular flexibility index (Phi) is 29.7. The second kappa shape index (κ2) is 33.0. The van der Waals surface area contributed by atoms with Crippen LogP contribution in [-0.2, 0) is 57.1 Å². The van der Waals surface area contributed by atoms with Crippen LogP contribution in [0.5, 0.6) is 0 Å². The van der Waals surface area contributed by atoms with Crippen molar-refractivity contribution in [3.8, 4) is 0 Å². The van der Waals surface area contributed by atoms with Crippen LogP contribution in [0.2, 0.25) is 0 Å². The number of allylic oxidation sites excluding steroid dienone is 2. The zero-order valence-electron chi connectivity index (χ0n) is 46.3. The molecule has 3 rings (SSSR count). The summed E-state index contributed by atoms with van der Waals surface area (Å²) in [6.45, 7) is 22.6. The number of hydrogen-bond donors (Lipinski definition) is 2. The van der Waals surface area contributed by atoms with Gasteiger partial charge in [0.1, 0.15) is 45.2 Å². The molecule has 0 heterocycles. The van der Waals surface area contributed by atoms with Crippen LogP contribution in [0.1, 0.15) is 204 Å². The minimum absolute atomic E-state index is 0.113. The van der Waals surface area contributed by atoms with E-state index in [0.29, 0.717) is 55.6 Å². The fraction of sp³-hybridized carbons (Fsp3) is 0.877. The average molecular weight is 1010 g/mol. The number of aliphatic hydroxyl groups is 2. The number of carbonyl (C=O) groups excluding carboxylic acids is 5. The topological polar surface area (TPSA) is 190 Å². The lowest BCUT2D eigenvalue weighted by Gasteiger charge is -2.54. The molecule has 3 saturated carbocycles. The van der Waals surface area contributed by atoms with Gasteiger partial charge in [-0.05, 0) is 112 Å². The number of rotatable bonds is 29. The van der Waals surface area contributed by atoms with Crippen molar-refractivity contribution in [3.63, 3.8) is 0 Å². The lowest BCUT2D eigenvalue weighted by molar-refractivity contribution is -0.172. The molecule has 14 nitrogen and oxygen atoms in total. The van der Waals surface area contributed by atoms with E-state index in [2.05, 4.69) is 75.3 Å². The molecule has 3 aliphatic rings. The van der Waals surface area contributed by atoms with Crippen LogP contribution in [0.15, 0.2) is 11.6 Å². The summed E-state index contributed by atoms with van der Waals surface area (Å²) in [5, 5.41) is 20.3. The van der Waals surface area contributed by atoms with Crippen LogP contribution in [0.25, 0.3) is 0 Å². The number of methoxy groups -OCH3 is 1. The van der Waals surface area contributed by atoms with Gasteiger partial charge in [-0.25, -0.2) is 0 Å². The van der Waals surface area contributed by atoms with E-state index in [4.69, 9.17) is 33.2 Å². The summed E-state index contributed by atoms with van der Waals surface area (Å²) in [6.07, 6.45) is 18.9. The van der Waals surface area contributed by atoms with E-state index < -0.39 is 41.4 Å². The van der Waals surface area contributed by atoms with E-state index >= 15 is 0 Å².